The second-order valence-corrected chi connectivity index (χ2v) is 6.76. The second-order valence-electron chi connectivity index (χ2n) is 5.47. The van der Waals surface area contributed by atoms with Gasteiger partial charge in [-0.25, -0.2) is 4.98 Å². The standard InChI is InChI=1S/C15H25N5OS.HI/c1-11-12(2)22-13(19-11)9-17-15(16-3)18-10-14(21)20-7-5-4-6-8-20;/h4-10H2,1-3H3,(H2,16,17,18);1H. The number of aryl methyl sites for hydroxylation is 2. The SMILES string of the molecule is CN=C(NCC(=O)N1CCCCC1)NCc1nc(C)c(C)s1.I. The lowest BCUT2D eigenvalue weighted by molar-refractivity contribution is -0.130. The van der Waals surface area contributed by atoms with E-state index in [4.69, 9.17) is 0 Å². The number of aromatic nitrogens is 1. The van der Waals surface area contributed by atoms with Crippen molar-refractivity contribution in [3.8, 4) is 0 Å². The Kier molecular flexibility index (Phi) is 8.82. The first kappa shape index (κ1) is 20.1. The molecule has 1 aliphatic rings. The molecule has 1 amide bonds. The summed E-state index contributed by atoms with van der Waals surface area (Å²) in [4.78, 5) is 23.9. The van der Waals surface area contributed by atoms with Gasteiger partial charge in [0.1, 0.15) is 5.01 Å². The maximum absolute atomic E-state index is 12.1. The number of likely N-dealkylation sites (tertiary alicyclic amines) is 1. The lowest BCUT2D eigenvalue weighted by atomic mass is 10.1. The largest absolute Gasteiger partial charge is 0.350 e. The molecular formula is C15H26IN5OS. The van der Waals surface area contributed by atoms with Crippen molar-refractivity contribution in [2.24, 2.45) is 4.99 Å². The number of nitrogens with one attached hydrogen (secondary N) is 2. The van der Waals surface area contributed by atoms with Crippen LogP contribution in [0.5, 0.6) is 0 Å². The van der Waals surface area contributed by atoms with Crippen LogP contribution in [0, 0.1) is 13.8 Å². The zero-order valence-electron chi connectivity index (χ0n) is 14.0. The summed E-state index contributed by atoms with van der Waals surface area (Å²) in [6.45, 7) is 6.75. The van der Waals surface area contributed by atoms with E-state index in [-0.39, 0.29) is 36.4 Å². The van der Waals surface area contributed by atoms with Gasteiger partial charge in [0.05, 0.1) is 18.8 Å². The molecule has 0 bridgehead atoms. The minimum Gasteiger partial charge on any atom is -0.350 e. The van der Waals surface area contributed by atoms with E-state index in [1.807, 2.05) is 11.8 Å². The van der Waals surface area contributed by atoms with Gasteiger partial charge in [-0.3, -0.25) is 9.79 Å². The first-order chi connectivity index (χ1) is 10.6. The third-order valence-corrected chi connectivity index (χ3v) is 4.89. The molecule has 0 saturated carbocycles. The molecule has 2 heterocycles. The van der Waals surface area contributed by atoms with Gasteiger partial charge in [-0.15, -0.1) is 35.3 Å². The summed E-state index contributed by atoms with van der Waals surface area (Å²) in [6.07, 6.45) is 3.45. The highest BCUT2D eigenvalue weighted by Gasteiger charge is 2.16. The van der Waals surface area contributed by atoms with Crippen LogP contribution in [-0.2, 0) is 11.3 Å². The third-order valence-electron chi connectivity index (χ3n) is 3.82. The van der Waals surface area contributed by atoms with Gasteiger partial charge in [0, 0.05) is 25.0 Å². The number of rotatable bonds is 4. The summed E-state index contributed by atoms with van der Waals surface area (Å²) in [7, 11) is 1.71. The summed E-state index contributed by atoms with van der Waals surface area (Å²) in [5.74, 6) is 0.777. The smallest absolute Gasteiger partial charge is 0.241 e. The van der Waals surface area contributed by atoms with Crippen LogP contribution in [0.15, 0.2) is 4.99 Å². The fraction of sp³-hybridized carbons (Fsp3) is 0.667. The highest BCUT2D eigenvalue weighted by molar-refractivity contribution is 14.0. The Morgan fingerprint density at radius 2 is 1.96 bits per heavy atom. The van der Waals surface area contributed by atoms with Gasteiger partial charge in [0.15, 0.2) is 5.96 Å². The van der Waals surface area contributed by atoms with E-state index in [1.54, 1.807) is 18.4 Å². The van der Waals surface area contributed by atoms with Crippen LogP contribution in [-0.4, -0.2) is 48.4 Å². The van der Waals surface area contributed by atoms with Crippen LogP contribution in [0.4, 0.5) is 0 Å². The van der Waals surface area contributed by atoms with Gasteiger partial charge < -0.3 is 15.5 Å². The number of aliphatic imine (C=N–C) groups is 1. The molecule has 0 atom stereocenters. The molecule has 1 aromatic heterocycles. The molecule has 1 aliphatic heterocycles. The van der Waals surface area contributed by atoms with Crippen LogP contribution in [0.3, 0.4) is 0 Å². The molecule has 0 radical (unpaired) electrons. The Bertz CT molecular complexity index is 520. The normalized spacial score (nSPS) is 15.1. The molecule has 8 heteroatoms. The van der Waals surface area contributed by atoms with Gasteiger partial charge in [-0.1, -0.05) is 0 Å². The molecule has 0 unspecified atom stereocenters. The Morgan fingerprint density at radius 1 is 1.26 bits per heavy atom. The highest BCUT2D eigenvalue weighted by Crippen LogP contribution is 2.15. The zero-order chi connectivity index (χ0) is 15.9. The number of carbonyl (C=O) groups excluding carboxylic acids is 1. The van der Waals surface area contributed by atoms with E-state index in [0.717, 1.165) is 36.6 Å². The van der Waals surface area contributed by atoms with E-state index >= 15 is 0 Å². The van der Waals surface area contributed by atoms with Crippen LogP contribution < -0.4 is 10.6 Å². The predicted molar refractivity (Wildman–Crippen MR) is 106 cm³/mol. The van der Waals surface area contributed by atoms with Gasteiger partial charge in [-0.05, 0) is 33.1 Å². The van der Waals surface area contributed by atoms with Crippen molar-refractivity contribution in [3.05, 3.63) is 15.6 Å². The first-order valence-corrected chi connectivity index (χ1v) is 8.57. The van der Waals surface area contributed by atoms with Crippen molar-refractivity contribution in [3.63, 3.8) is 0 Å². The summed E-state index contributed by atoms with van der Waals surface area (Å²) in [5.41, 5.74) is 1.07. The first-order valence-electron chi connectivity index (χ1n) is 7.75. The summed E-state index contributed by atoms with van der Waals surface area (Å²) < 4.78 is 0. The van der Waals surface area contributed by atoms with Gasteiger partial charge in [-0.2, -0.15) is 0 Å². The van der Waals surface area contributed by atoms with Crippen molar-refractivity contribution >= 4 is 47.2 Å². The van der Waals surface area contributed by atoms with Crippen molar-refractivity contribution in [1.29, 1.82) is 0 Å². The Balaban J connectivity index is 0.00000264. The summed E-state index contributed by atoms with van der Waals surface area (Å²) in [5, 5.41) is 7.31. The van der Waals surface area contributed by atoms with Crippen LogP contribution in [0.2, 0.25) is 0 Å². The third kappa shape index (κ3) is 6.25. The Morgan fingerprint density at radius 3 is 2.52 bits per heavy atom. The Labute approximate surface area is 159 Å². The van der Waals surface area contributed by atoms with Crippen LogP contribution >= 0.6 is 35.3 Å². The monoisotopic (exact) mass is 451 g/mol. The lowest BCUT2D eigenvalue weighted by Gasteiger charge is -2.27. The molecule has 130 valence electrons. The number of amides is 1. The van der Waals surface area contributed by atoms with Crippen LogP contribution in [0.1, 0.15) is 34.8 Å². The molecule has 2 rings (SSSR count). The number of guanidine groups is 1. The maximum atomic E-state index is 12.1. The van der Waals surface area contributed by atoms with Crippen molar-refractivity contribution in [1.82, 2.24) is 20.5 Å². The minimum atomic E-state index is 0. The Hall–Kier alpha value is -0.900. The average molecular weight is 451 g/mol. The molecular weight excluding hydrogens is 425 g/mol. The van der Waals surface area contributed by atoms with Gasteiger partial charge >= 0.3 is 0 Å². The summed E-state index contributed by atoms with van der Waals surface area (Å²) in [6, 6.07) is 0. The number of piperidine rings is 1. The van der Waals surface area contributed by atoms with Crippen molar-refractivity contribution in [2.45, 2.75) is 39.7 Å². The highest BCUT2D eigenvalue weighted by atomic mass is 127. The number of hydrogen-bond acceptors (Lipinski definition) is 4. The molecule has 1 fully saturated rings. The molecule has 23 heavy (non-hydrogen) atoms. The zero-order valence-corrected chi connectivity index (χ0v) is 17.2. The van der Waals surface area contributed by atoms with E-state index in [9.17, 15) is 4.79 Å². The predicted octanol–water partition coefficient (Wildman–Crippen LogP) is 2.06. The lowest BCUT2D eigenvalue weighted by Crippen LogP contribution is -2.45. The molecule has 1 aromatic rings. The minimum absolute atomic E-state index is 0. The fourth-order valence-corrected chi connectivity index (χ4v) is 3.28. The molecule has 0 aromatic carbocycles. The number of halogens is 1. The van der Waals surface area contributed by atoms with E-state index < -0.39 is 0 Å². The maximum Gasteiger partial charge on any atom is 0.241 e. The fourth-order valence-electron chi connectivity index (χ4n) is 2.41. The molecule has 0 aliphatic carbocycles. The van der Waals surface area contributed by atoms with Crippen molar-refractivity contribution < 1.29 is 4.79 Å². The molecule has 2 N–H and O–H groups in total. The number of carbonyl (C=O) groups is 1. The van der Waals surface area contributed by atoms with E-state index in [2.05, 4.69) is 27.5 Å². The van der Waals surface area contributed by atoms with E-state index in [1.165, 1.54) is 11.3 Å². The number of thiazole rings is 1. The summed E-state index contributed by atoms with van der Waals surface area (Å²) >= 11 is 1.68. The van der Waals surface area contributed by atoms with Crippen LogP contribution in [0.25, 0.3) is 0 Å². The number of nitrogens with zero attached hydrogens (tertiary/aromatic N) is 3. The van der Waals surface area contributed by atoms with Gasteiger partial charge in [0.2, 0.25) is 5.91 Å². The molecule has 1 saturated heterocycles. The molecule has 0 spiro atoms. The second kappa shape index (κ2) is 10.1. The quantitative estimate of drug-likeness (QED) is 0.418. The van der Waals surface area contributed by atoms with Crippen molar-refractivity contribution in [2.75, 3.05) is 26.7 Å². The average Bonchev–Trinajstić information content (AvgIpc) is 2.86. The number of hydrogen-bond donors (Lipinski definition) is 2. The van der Waals surface area contributed by atoms with E-state index in [0.29, 0.717) is 12.5 Å². The molecule has 6 nitrogen and oxygen atoms in total. The topological polar surface area (TPSA) is 69.6 Å². The van der Waals surface area contributed by atoms with Gasteiger partial charge in [0.25, 0.3) is 0 Å².